The van der Waals surface area contributed by atoms with Crippen molar-refractivity contribution in [2.75, 3.05) is 5.32 Å². The van der Waals surface area contributed by atoms with Gasteiger partial charge in [0, 0.05) is 6.54 Å². The highest BCUT2D eigenvalue weighted by molar-refractivity contribution is 6.32. The van der Waals surface area contributed by atoms with Gasteiger partial charge in [-0.1, -0.05) is 30.9 Å². The van der Waals surface area contributed by atoms with Crippen LogP contribution in [0.25, 0.3) is 0 Å². The van der Waals surface area contributed by atoms with Gasteiger partial charge in [-0.3, -0.25) is 4.79 Å². The SMILES string of the molecule is CCn1ncc(NC2CCCCCC2O)c(Cl)c1=O. The van der Waals surface area contributed by atoms with Crippen molar-refractivity contribution in [3.63, 3.8) is 0 Å². The normalized spacial score (nSPS) is 23.9. The van der Waals surface area contributed by atoms with Gasteiger partial charge in [0.1, 0.15) is 5.02 Å². The Bertz CT molecular complexity index is 489. The molecule has 2 N–H and O–H groups in total. The van der Waals surface area contributed by atoms with Crippen LogP contribution in [0.15, 0.2) is 11.0 Å². The predicted octanol–water partition coefficient (Wildman–Crippen LogP) is 2.02. The molecule has 0 radical (unpaired) electrons. The maximum atomic E-state index is 11.9. The molecule has 1 fully saturated rings. The van der Waals surface area contributed by atoms with Gasteiger partial charge in [-0.05, 0) is 19.8 Å². The highest BCUT2D eigenvalue weighted by Gasteiger charge is 2.22. The Hall–Kier alpha value is -1.07. The van der Waals surface area contributed by atoms with E-state index in [9.17, 15) is 9.90 Å². The predicted molar refractivity (Wildman–Crippen MR) is 75.7 cm³/mol. The zero-order chi connectivity index (χ0) is 13.8. The molecule has 106 valence electrons. The van der Waals surface area contributed by atoms with E-state index in [4.69, 9.17) is 11.6 Å². The van der Waals surface area contributed by atoms with Crippen LogP contribution >= 0.6 is 11.6 Å². The van der Waals surface area contributed by atoms with Gasteiger partial charge in [0.2, 0.25) is 0 Å². The Morgan fingerprint density at radius 2 is 2.21 bits per heavy atom. The summed E-state index contributed by atoms with van der Waals surface area (Å²) in [6, 6.07) is -0.0568. The third kappa shape index (κ3) is 3.28. The molecule has 0 saturated heterocycles. The van der Waals surface area contributed by atoms with Gasteiger partial charge in [-0.15, -0.1) is 0 Å². The third-order valence-electron chi connectivity index (χ3n) is 3.60. The summed E-state index contributed by atoms with van der Waals surface area (Å²) in [5.41, 5.74) is 0.222. The number of halogens is 1. The Kier molecular flexibility index (Phi) is 4.82. The van der Waals surface area contributed by atoms with E-state index in [-0.39, 0.29) is 16.6 Å². The summed E-state index contributed by atoms with van der Waals surface area (Å²) in [4.78, 5) is 11.9. The number of aryl methyl sites for hydroxylation is 1. The number of nitrogens with one attached hydrogen (secondary N) is 1. The van der Waals surface area contributed by atoms with Crippen LogP contribution in [0.4, 0.5) is 5.69 Å². The van der Waals surface area contributed by atoms with Crippen LogP contribution in [0.1, 0.15) is 39.0 Å². The fourth-order valence-corrected chi connectivity index (χ4v) is 2.65. The quantitative estimate of drug-likeness (QED) is 0.834. The molecule has 0 aliphatic heterocycles. The van der Waals surface area contributed by atoms with Crippen LogP contribution < -0.4 is 10.9 Å². The summed E-state index contributed by atoms with van der Waals surface area (Å²) < 4.78 is 1.32. The van der Waals surface area contributed by atoms with E-state index >= 15 is 0 Å². The second-order valence-electron chi connectivity index (χ2n) is 4.95. The molecule has 1 heterocycles. The van der Waals surface area contributed by atoms with Crippen molar-refractivity contribution in [2.24, 2.45) is 0 Å². The van der Waals surface area contributed by atoms with E-state index in [1.165, 1.54) is 4.68 Å². The molecule has 0 amide bonds. The number of aliphatic hydroxyl groups is 1. The van der Waals surface area contributed by atoms with Crippen LogP contribution in [0.3, 0.4) is 0 Å². The summed E-state index contributed by atoms with van der Waals surface area (Å²) in [5, 5.41) is 17.4. The van der Waals surface area contributed by atoms with Crippen LogP contribution in [0.5, 0.6) is 0 Å². The number of aliphatic hydroxyl groups excluding tert-OH is 1. The molecule has 2 unspecified atom stereocenters. The second-order valence-corrected chi connectivity index (χ2v) is 5.33. The van der Waals surface area contributed by atoms with Gasteiger partial charge >= 0.3 is 0 Å². The molecular weight excluding hydrogens is 266 g/mol. The average molecular weight is 286 g/mol. The van der Waals surface area contributed by atoms with Crippen LogP contribution in [-0.2, 0) is 6.54 Å². The van der Waals surface area contributed by atoms with E-state index in [0.717, 1.165) is 32.1 Å². The van der Waals surface area contributed by atoms with Gasteiger partial charge in [-0.2, -0.15) is 5.10 Å². The number of nitrogens with zero attached hydrogens (tertiary/aromatic N) is 2. The Morgan fingerprint density at radius 1 is 1.47 bits per heavy atom. The first-order chi connectivity index (χ1) is 9.13. The summed E-state index contributed by atoms with van der Waals surface area (Å²) in [6.45, 7) is 2.33. The largest absolute Gasteiger partial charge is 0.391 e. The van der Waals surface area contributed by atoms with Crippen LogP contribution in [-0.4, -0.2) is 27.0 Å². The lowest BCUT2D eigenvalue weighted by molar-refractivity contribution is 0.144. The van der Waals surface area contributed by atoms with Crippen molar-refractivity contribution < 1.29 is 5.11 Å². The van der Waals surface area contributed by atoms with Crippen molar-refractivity contribution in [3.8, 4) is 0 Å². The van der Waals surface area contributed by atoms with Gasteiger partial charge in [0.15, 0.2) is 0 Å². The maximum absolute atomic E-state index is 11.9. The summed E-state index contributed by atoms with van der Waals surface area (Å²) in [5.74, 6) is 0. The molecule has 1 aromatic rings. The third-order valence-corrected chi connectivity index (χ3v) is 3.97. The number of hydrogen-bond acceptors (Lipinski definition) is 4. The van der Waals surface area contributed by atoms with E-state index in [1.807, 2.05) is 6.92 Å². The molecule has 1 aliphatic carbocycles. The van der Waals surface area contributed by atoms with Gasteiger partial charge < -0.3 is 10.4 Å². The minimum absolute atomic E-state index is 0.0568. The highest BCUT2D eigenvalue weighted by Crippen LogP contribution is 2.23. The molecule has 0 aromatic carbocycles. The van der Waals surface area contributed by atoms with E-state index in [0.29, 0.717) is 12.2 Å². The average Bonchev–Trinajstić information content (AvgIpc) is 2.61. The summed E-state index contributed by atoms with van der Waals surface area (Å²) in [7, 11) is 0. The Labute approximate surface area is 117 Å². The minimum Gasteiger partial charge on any atom is -0.391 e. The molecule has 2 rings (SSSR count). The molecule has 5 nitrogen and oxygen atoms in total. The molecular formula is C13H20ClN3O2. The lowest BCUT2D eigenvalue weighted by atomic mass is 10.1. The van der Waals surface area contributed by atoms with E-state index < -0.39 is 6.10 Å². The van der Waals surface area contributed by atoms with E-state index in [1.54, 1.807) is 6.20 Å². The number of anilines is 1. The fourth-order valence-electron chi connectivity index (χ4n) is 2.45. The lowest BCUT2D eigenvalue weighted by Gasteiger charge is -2.23. The molecule has 6 heteroatoms. The number of aromatic nitrogens is 2. The number of hydrogen-bond donors (Lipinski definition) is 2. The molecule has 1 saturated carbocycles. The molecule has 19 heavy (non-hydrogen) atoms. The second kappa shape index (κ2) is 6.39. The lowest BCUT2D eigenvalue weighted by Crippen LogP contribution is -2.34. The van der Waals surface area contributed by atoms with Crippen LogP contribution in [0, 0.1) is 0 Å². The molecule has 1 aromatic heterocycles. The first-order valence-electron chi connectivity index (χ1n) is 6.83. The smallest absolute Gasteiger partial charge is 0.287 e. The fraction of sp³-hybridized carbons (Fsp3) is 0.692. The zero-order valence-corrected chi connectivity index (χ0v) is 11.9. The van der Waals surface area contributed by atoms with Gasteiger partial charge in [-0.25, -0.2) is 4.68 Å². The number of rotatable bonds is 3. The molecule has 0 spiro atoms. The first kappa shape index (κ1) is 14.3. The van der Waals surface area contributed by atoms with Crippen molar-refractivity contribution in [3.05, 3.63) is 21.6 Å². The van der Waals surface area contributed by atoms with Crippen molar-refractivity contribution >= 4 is 17.3 Å². The standard InChI is InChI=1S/C13H20ClN3O2/c1-2-17-13(19)12(14)10(8-15-17)16-9-6-4-3-5-7-11(9)18/h8-9,11,16,18H,2-7H2,1H3. The van der Waals surface area contributed by atoms with Crippen LogP contribution in [0.2, 0.25) is 5.02 Å². The molecule has 1 aliphatic rings. The van der Waals surface area contributed by atoms with Gasteiger partial charge in [0.25, 0.3) is 5.56 Å². The van der Waals surface area contributed by atoms with Crippen molar-refractivity contribution in [1.82, 2.24) is 9.78 Å². The Morgan fingerprint density at radius 3 is 2.95 bits per heavy atom. The molecule has 2 atom stereocenters. The summed E-state index contributed by atoms with van der Waals surface area (Å²) >= 11 is 6.07. The Balaban J connectivity index is 2.18. The highest BCUT2D eigenvalue weighted by atomic mass is 35.5. The topological polar surface area (TPSA) is 67.2 Å². The zero-order valence-electron chi connectivity index (χ0n) is 11.1. The molecule has 0 bridgehead atoms. The van der Waals surface area contributed by atoms with Gasteiger partial charge in [0.05, 0.1) is 24.0 Å². The summed E-state index contributed by atoms with van der Waals surface area (Å²) in [6.07, 6.45) is 6.09. The monoisotopic (exact) mass is 285 g/mol. The first-order valence-corrected chi connectivity index (χ1v) is 7.21. The maximum Gasteiger partial charge on any atom is 0.287 e. The van der Waals surface area contributed by atoms with Crippen molar-refractivity contribution in [1.29, 1.82) is 0 Å². The van der Waals surface area contributed by atoms with Crippen molar-refractivity contribution in [2.45, 2.75) is 57.7 Å². The van der Waals surface area contributed by atoms with E-state index in [2.05, 4.69) is 10.4 Å². The minimum atomic E-state index is -0.396.